The number of aromatic nitrogens is 2. The van der Waals surface area contributed by atoms with E-state index >= 15 is 0 Å². The van der Waals surface area contributed by atoms with Gasteiger partial charge < -0.3 is 4.40 Å². The van der Waals surface area contributed by atoms with Crippen molar-refractivity contribution in [3.63, 3.8) is 0 Å². The summed E-state index contributed by atoms with van der Waals surface area (Å²) in [5.41, 5.74) is 11.5. The Morgan fingerprint density at radius 3 is 2.46 bits per heavy atom. The van der Waals surface area contributed by atoms with E-state index in [2.05, 4.69) is 99.3 Å². The number of pyridine rings is 2. The number of hydrogen-bond donors (Lipinski definition) is 0. The molecule has 0 saturated heterocycles. The van der Waals surface area contributed by atoms with E-state index in [4.69, 9.17) is 0 Å². The molecule has 0 amide bonds. The molecule has 1 fully saturated rings. The second kappa shape index (κ2) is 7.93. The topological polar surface area (TPSA) is 8.29 Å². The monoisotopic (exact) mass is 487 g/mol. The van der Waals surface area contributed by atoms with Crippen LogP contribution in [0.2, 0.25) is 0 Å². The van der Waals surface area contributed by atoms with Crippen LogP contribution in [0.5, 0.6) is 0 Å². The van der Waals surface area contributed by atoms with Crippen molar-refractivity contribution in [3.8, 4) is 0 Å². The Balaban J connectivity index is 1.71. The lowest BCUT2D eigenvalue weighted by atomic mass is 9.86. The molecule has 0 atom stereocenters. The number of fused-ring (bicyclic) bond motifs is 5. The van der Waals surface area contributed by atoms with Crippen molar-refractivity contribution in [2.45, 2.75) is 73.1 Å². The molecule has 1 aliphatic rings. The third-order valence-electron chi connectivity index (χ3n) is 9.15. The summed E-state index contributed by atoms with van der Waals surface area (Å²) in [6, 6.07) is 16.8. The first-order valence-corrected chi connectivity index (χ1v) is 14.2. The summed E-state index contributed by atoms with van der Waals surface area (Å²) in [6.07, 6.45) is 10.1. The second-order valence-electron chi connectivity index (χ2n) is 13.2. The van der Waals surface area contributed by atoms with E-state index in [0.29, 0.717) is 0 Å². The van der Waals surface area contributed by atoms with Crippen LogP contribution in [0.1, 0.15) is 68.7 Å². The van der Waals surface area contributed by atoms with Gasteiger partial charge in [0.05, 0.1) is 27.3 Å². The first-order chi connectivity index (χ1) is 17.7. The van der Waals surface area contributed by atoms with Crippen LogP contribution in [0.25, 0.3) is 49.0 Å². The quantitative estimate of drug-likeness (QED) is 0.134. The van der Waals surface area contributed by atoms with E-state index in [1.165, 1.54) is 103 Å². The van der Waals surface area contributed by atoms with Crippen molar-refractivity contribution in [3.05, 3.63) is 70.9 Å². The van der Waals surface area contributed by atoms with Crippen molar-refractivity contribution in [2.75, 3.05) is 0 Å². The first-order valence-electron chi connectivity index (χ1n) is 14.2. The van der Waals surface area contributed by atoms with Gasteiger partial charge in [-0.15, -0.1) is 0 Å². The van der Waals surface area contributed by atoms with Gasteiger partial charge in [0.15, 0.2) is 6.20 Å². The molecule has 7 rings (SSSR count). The van der Waals surface area contributed by atoms with Gasteiger partial charge in [0.25, 0.3) is 0 Å². The van der Waals surface area contributed by atoms with E-state index in [9.17, 15) is 0 Å². The summed E-state index contributed by atoms with van der Waals surface area (Å²) < 4.78 is 4.99. The Kier molecular flexibility index (Phi) is 4.94. The lowest BCUT2D eigenvalue weighted by molar-refractivity contribution is -0.643. The zero-order valence-electron chi connectivity index (χ0n) is 23.3. The van der Waals surface area contributed by atoms with Gasteiger partial charge >= 0.3 is 0 Å². The Morgan fingerprint density at radius 1 is 0.919 bits per heavy atom. The van der Waals surface area contributed by atoms with E-state index in [1.54, 1.807) is 0 Å². The van der Waals surface area contributed by atoms with Crippen molar-refractivity contribution in [1.29, 1.82) is 0 Å². The van der Waals surface area contributed by atoms with Gasteiger partial charge in [0.1, 0.15) is 7.05 Å². The van der Waals surface area contributed by atoms with Gasteiger partial charge in [-0.2, -0.15) is 0 Å². The third-order valence-corrected chi connectivity index (χ3v) is 9.15. The number of benzene rings is 3. The van der Waals surface area contributed by atoms with Crippen LogP contribution in [0.15, 0.2) is 48.7 Å². The van der Waals surface area contributed by atoms with Gasteiger partial charge in [0.2, 0.25) is 5.52 Å². The number of nitrogens with zero attached hydrogens (tertiary/aromatic N) is 2. The summed E-state index contributed by atoms with van der Waals surface area (Å²) in [7, 11) is 2.22. The van der Waals surface area contributed by atoms with Crippen LogP contribution in [-0.4, -0.2) is 4.40 Å². The van der Waals surface area contributed by atoms with E-state index in [1.807, 2.05) is 0 Å². The summed E-state index contributed by atoms with van der Waals surface area (Å²) in [5.74, 6) is 0.838. The van der Waals surface area contributed by atoms with E-state index < -0.39 is 0 Å². The van der Waals surface area contributed by atoms with Crippen LogP contribution < -0.4 is 4.57 Å². The van der Waals surface area contributed by atoms with Crippen molar-refractivity contribution < 1.29 is 4.57 Å². The zero-order chi connectivity index (χ0) is 25.6. The van der Waals surface area contributed by atoms with Crippen LogP contribution in [0.4, 0.5) is 0 Å². The fourth-order valence-electron chi connectivity index (χ4n) is 7.47. The molecule has 3 heterocycles. The van der Waals surface area contributed by atoms with Crippen molar-refractivity contribution in [1.82, 2.24) is 4.40 Å². The molecule has 2 nitrogen and oxygen atoms in total. The standard InChI is InChI=1S/C35H39N2/c1-21-16-27-31-26(20-35(3,4)5)12-9-13-28(31)37-29-19-24(17-23-10-7-8-11-23)18-25-14-15-36(6)34(32(25)29)30(22(21)2)33(27)37/h9,12-16,18-19,23H,7-8,10-11,17,20H2,1-6H3/q+1. The molecule has 0 bridgehead atoms. The zero-order valence-corrected chi connectivity index (χ0v) is 23.3. The molecule has 1 aliphatic carbocycles. The molecule has 3 aromatic heterocycles. The number of rotatable bonds is 3. The molecule has 188 valence electrons. The molecular formula is C35H39N2+. The molecule has 0 radical (unpaired) electrons. The van der Waals surface area contributed by atoms with Crippen LogP contribution in [0.3, 0.4) is 0 Å². The Hall–Kier alpha value is -3.13. The average Bonchev–Trinajstić information content (AvgIpc) is 3.46. The minimum atomic E-state index is 0.231. The molecule has 0 N–H and O–H groups in total. The van der Waals surface area contributed by atoms with Gasteiger partial charge in [-0.25, -0.2) is 4.57 Å². The number of hydrogen-bond acceptors (Lipinski definition) is 0. The first kappa shape index (κ1) is 23.0. The smallest absolute Gasteiger partial charge is 0.224 e. The normalized spacial score (nSPS) is 15.5. The van der Waals surface area contributed by atoms with E-state index in [0.717, 1.165) is 12.3 Å². The lowest BCUT2D eigenvalue weighted by Crippen LogP contribution is -2.29. The fourth-order valence-corrected chi connectivity index (χ4v) is 7.47. The summed E-state index contributed by atoms with van der Waals surface area (Å²) in [4.78, 5) is 0. The molecule has 6 aromatic rings. The third kappa shape index (κ3) is 3.41. The van der Waals surface area contributed by atoms with Gasteiger partial charge in [-0.3, -0.25) is 0 Å². The fraction of sp³-hybridized carbons (Fsp3) is 0.400. The highest BCUT2D eigenvalue weighted by molar-refractivity contribution is 6.26. The van der Waals surface area contributed by atoms with Crippen molar-refractivity contribution in [2.24, 2.45) is 18.4 Å². The van der Waals surface area contributed by atoms with Gasteiger partial charge in [-0.05, 0) is 83.9 Å². The summed E-state index contributed by atoms with van der Waals surface area (Å²) in [6.45, 7) is 11.7. The maximum atomic E-state index is 2.63. The maximum absolute atomic E-state index is 2.63. The van der Waals surface area contributed by atoms with Gasteiger partial charge in [-0.1, -0.05) is 64.7 Å². The minimum absolute atomic E-state index is 0.231. The molecule has 1 saturated carbocycles. The summed E-state index contributed by atoms with van der Waals surface area (Å²) in [5, 5.41) is 7.06. The average molecular weight is 488 g/mol. The van der Waals surface area contributed by atoms with E-state index in [-0.39, 0.29) is 5.41 Å². The molecule has 2 heteroatoms. The Morgan fingerprint density at radius 2 is 1.70 bits per heavy atom. The number of aryl methyl sites for hydroxylation is 3. The highest BCUT2D eigenvalue weighted by atomic mass is 15.0. The SMILES string of the molecule is Cc1cc2c3c(CC(C)(C)C)cccc3n3c4cc(CC5CCCC5)cc5cc[n+](C)c(c(c1C)c23)c54. The second-order valence-corrected chi connectivity index (χ2v) is 13.2. The highest BCUT2D eigenvalue weighted by Crippen LogP contribution is 2.44. The predicted octanol–water partition coefficient (Wildman–Crippen LogP) is 8.75. The van der Waals surface area contributed by atoms with Crippen LogP contribution in [0, 0.1) is 25.2 Å². The largest absolute Gasteiger partial charge is 0.307 e. The molecule has 37 heavy (non-hydrogen) atoms. The lowest BCUT2D eigenvalue weighted by Gasteiger charge is -2.19. The highest BCUT2D eigenvalue weighted by Gasteiger charge is 2.27. The molecule has 0 aliphatic heterocycles. The van der Waals surface area contributed by atoms with Gasteiger partial charge in [0, 0.05) is 16.8 Å². The molecule has 0 unspecified atom stereocenters. The summed E-state index contributed by atoms with van der Waals surface area (Å²) >= 11 is 0. The predicted molar refractivity (Wildman–Crippen MR) is 158 cm³/mol. The van der Waals surface area contributed by atoms with Crippen LogP contribution >= 0.6 is 0 Å². The maximum Gasteiger partial charge on any atom is 0.224 e. The van der Waals surface area contributed by atoms with Crippen molar-refractivity contribution >= 4 is 49.0 Å². The molecule has 0 spiro atoms. The molecular weight excluding hydrogens is 448 g/mol. The van der Waals surface area contributed by atoms with Crippen LogP contribution in [-0.2, 0) is 19.9 Å². The molecule has 3 aromatic carbocycles. The minimum Gasteiger partial charge on any atom is -0.307 e. The Bertz CT molecular complexity index is 1840. The Labute approximate surface area is 220 Å².